The van der Waals surface area contributed by atoms with Crippen LogP contribution in [0.2, 0.25) is 5.02 Å². The molecular formula is C18H24ClF3N6O. The van der Waals surface area contributed by atoms with E-state index in [0.29, 0.717) is 40.7 Å². The third-order valence-corrected chi connectivity index (χ3v) is 4.28. The molecule has 11 heteroatoms. The largest absolute Gasteiger partial charge is 0.405 e. The first kappa shape index (κ1) is 20.8. The predicted octanol–water partition coefficient (Wildman–Crippen LogP) is 4.67. The van der Waals surface area contributed by atoms with E-state index in [9.17, 15) is 18.0 Å². The van der Waals surface area contributed by atoms with Gasteiger partial charge in [0.25, 0.3) is 0 Å². The Morgan fingerprint density at radius 2 is 2.17 bits per heavy atom. The van der Waals surface area contributed by atoms with Crippen LogP contribution in [0.4, 0.5) is 19.0 Å². The van der Waals surface area contributed by atoms with Crippen molar-refractivity contribution in [2.45, 2.75) is 32.0 Å². The maximum Gasteiger partial charge on any atom is 0.405 e. The van der Waals surface area contributed by atoms with E-state index in [-0.39, 0.29) is 4.28 Å². The van der Waals surface area contributed by atoms with Crippen LogP contribution >= 0.6 is 11.6 Å². The second-order valence-corrected chi connectivity index (χ2v) is 6.77. The van der Waals surface area contributed by atoms with Gasteiger partial charge in [0, 0.05) is 33.8 Å². The molecule has 0 aliphatic heterocycles. The van der Waals surface area contributed by atoms with Gasteiger partial charge < -0.3 is 15.6 Å². The third kappa shape index (κ3) is 5.35. The Morgan fingerprint density at radius 3 is 2.90 bits per heavy atom. The molecule has 0 fully saturated rings. The van der Waals surface area contributed by atoms with Gasteiger partial charge in [-0.3, -0.25) is 4.79 Å². The Bertz CT molecular complexity index is 1020. The lowest BCUT2D eigenvalue weighted by molar-refractivity contribution is -0.138. The van der Waals surface area contributed by atoms with Crippen LogP contribution in [0.3, 0.4) is 0 Å². The van der Waals surface area contributed by atoms with Crippen LogP contribution in [0.5, 0.6) is 0 Å². The van der Waals surface area contributed by atoms with E-state index in [4.69, 9.17) is 11.6 Å². The molecule has 1 amide bonds. The number of carbonyl (C=O) groups excluding carboxylic acids is 1. The van der Waals surface area contributed by atoms with E-state index in [1.54, 1.807) is 18.3 Å². The van der Waals surface area contributed by atoms with Crippen molar-refractivity contribution in [3.8, 4) is 11.4 Å². The van der Waals surface area contributed by atoms with Gasteiger partial charge in [0.15, 0.2) is 5.82 Å². The molecule has 0 aromatic carbocycles. The number of fused-ring (bicyclic) bond motifs is 1. The van der Waals surface area contributed by atoms with Gasteiger partial charge in [0.1, 0.15) is 24.1 Å². The molecule has 29 heavy (non-hydrogen) atoms. The van der Waals surface area contributed by atoms with Crippen molar-refractivity contribution < 1.29 is 22.2 Å². The van der Waals surface area contributed by atoms with Crippen molar-refractivity contribution in [1.29, 1.82) is 0 Å². The number of pyridine rings is 1. The zero-order valence-electron chi connectivity index (χ0n) is 15.3. The highest BCUT2D eigenvalue weighted by atomic mass is 35.5. The summed E-state index contributed by atoms with van der Waals surface area (Å²) in [6.07, 6.45) is 1.17. The van der Waals surface area contributed by atoms with Crippen LogP contribution in [-0.2, 0) is 4.79 Å². The van der Waals surface area contributed by atoms with Gasteiger partial charge in [-0.25, -0.2) is 15.0 Å². The standard InChI is InChI=1S/C18H18ClF3N6O.3H2/c1-2-3-13(17(29)26-9-18(20,21)22)27-14-4-5-23-16(28-14)12-8-25-15-11(12)6-10(19)7-24-15;;;/h4-8,13H,2-3,9H2,1H3,(H,24,25)(H,26,29)(H,23,27,28);3*1H/t13-;;;/m1.../s1. The number of H-pyrrole nitrogens is 1. The molecule has 0 spiro atoms. The average molecular weight is 433 g/mol. The van der Waals surface area contributed by atoms with Crippen molar-refractivity contribution in [1.82, 2.24) is 25.3 Å². The summed E-state index contributed by atoms with van der Waals surface area (Å²) in [5, 5.41) is 5.98. The average Bonchev–Trinajstić information content (AvgIpc) is 3.08. The number of halogens is 4. The second-order valence-electron chi connectivity index (χ2n) is 6.34. The van der Waals surface area contributed by atoms with Crippen LogP contribution in [0, 0.1) is 0 Å². The number of aromatic amines is 1. The highest BCUT2D eigenvalue weighted by Crippen LogP contribution is 2.27. The van der Waals surface area contributed by atoms with E-state index in [2.05, 4.69) is 25.3 Å². The number of amides is 1. The summed E-state index contributed by atoms with van der Waals surface area (Å²) in [6, 6.07) is 2.41. The lowest BCUT2D eigenvalue weighted by atomic mass is 10.1. The van der Waals surface area contributed by atoms with E-state index in [0.717, 1.165) is 5.39 Å². The molecule has 0 saturated carbocycles. The number of alkyl halides is 3. The number of hydrogen-bond donors (Lipinski definition) is 3. The highest BCUT2D eigenvalue weighted by Gasteiger charge is 2.29. The summed E-state index contributed by atoms with van der Waals surface area (Å²) in [4.78, 5) is 28.0. The SMILES string of the molecule is CCC[C@@H](Nc1ccnc(-c2c[nH]c3ncc(Cl)cc23)n1)C(=O)NCC(F)(F)F.[HH].[HH].[HH]. The molecule has 0 aliphatic rings. The lowest BCUT2D eigenvalue weighted by Gasteiger charge is -2.19. The highest BCUT2D eigenvalue weighted by molar-refractivity contribution is 6.31. The number of anilines is 1. The minimum Gasteiger partial charge on any atom is -0.358 e. The molecule has 0 aliphatic carbocycles. The second kappa shape index (κ2) is 8.64. The predicted molar refractivity (Wildman–Crippen MR) is 110 cm³/mol. The quantitative estimate of drug-likeness (QED) is 0.504. The first-order valence-corrected chi connectivity index (χ1v) is 9.21. The Labute approximate surface area is 173 Å². The zero-order valence-corrected chi connectivity index (χ0v) is 16.1. The summed E-state index contributed by atoms with van der Waals surface area (Å²) >= 11 is 6.01. The smallest absolute Gasteiger partial charge is 0.358 e. The molecule has 7 nitrogen and oxygen atoms in total. The van der Waals surface area contributed by atoms with Gasteiger partial charge in [-0.2, -0.15) is 13.2 Å². The van der Waals surface area contributed by atoms with Crippen LogP contribution < -0.4 is 10.6 Å². The molecule has 0 saturated heterocycles. The van der Waals surface area contributed by atoms with Gasteiger partial charge in [-0.1, -0.05) is 24.9 Å². The lowest BCUT2D eigenvalue weighted by Crippen LogP contribution is -2.43. The minimum absolute atomic E-state index is 0. The third-order valence-electron chi connectivity index (χ3n) is 4.07. The number of nitrogens with one attached hydrogen (secondary N) is 3. The van der Waals surface area contributed by atoms with E-state index in [1.165, 1.54) is 12.4 Å². The van der Waals surface area contributed by atoms with E-state index < -0.39 is 24.7 Å². The molecule has 3 heterocycles. The van der Waals surface area contributed by atoms with Crippen LogP contribution in [0.25, 0.3) is 22.4 Å². The normalized spacial score (nSPS) is 12.7. The zero-order chi connectivity index (χ0) is 21.0. The molecule has 0 radical (unpaired) electrons. The van der Waals surface area contributed by atoms with Crippen LogP contribution in [-0.4, -0.2) is 44.6 Å². The number of nitrogens with zero attached hydrogens (tertiary/aromatic N) is 3. The summed E-state index contributed by atoms with van der Waals surface area (Å²) in [7, 11) is 0. The summed E-state index contributed by atoms with van der Waals surface area (Å²) in [5.41, 5.74) is 1.27. The van der Waals surface area contributed by atoms with Gasteiger partial charge in [-0.15, -0.1) is 0 Å². The summed E-state index contributed by atoms with van der Waals surface area (Å²) in [6.45, 7) is 0.450. The molecule has 0 unspecified atom stereocenters. The molecular weight excluding hydrogens is 409 g/mol. The van der Waals surface area contributed by atoms with Gasteiger partial charge in [0.05, 0.1) is 5.02 Å². The molecule has 3 aromatic rings. The monoisotopic (exact) mass is 432 g/mol. The maximum atomic E-state index is 12.4. The molecule has 0 bridgehead atoms. The van der Waals surface area contributed by atoms with Crippen LogP contribution in [0.15, 0.2) is 30.7 Å². The number of hydrogen-bond acceptors (Lipinski definition) is 5. The van der Waals surface area contributed by atoms with Gasteiger partial charge in [0.2, 0.25) is 5.91 Å². The number of rotatable bonds is 7. The van der Waals surface area contributed by atoms with Crippen molar-refractivity contribution in [2.75, 3.05) is 11.9 Å². The van der Waals surface area contributed by atoms with E-state index >= 15 is 0 Å². The van der Waals surface area contributed by atoms with Gasteiger partial charge >= 0.3 is 6.18 Å². The summed E-state index contributed by atoms with van der Waals surface area (Å²) < 4.78 is 37.2. The number of aromatic nitrogens is 4. The Hall–Kier alpha value is -2.88. The van der Waals surface area contributed by atoms with Crippen molar-refractivity contribution in [2.24, 2.45) is 0 Å². The fraction of sp³-hybridized carbons (Fsp3) is 0.333. The number of carbonyl (C=O) groups is 1. The molecule has 1 atom stereocenters. The topological polar surface area (TPSA) is 95.6 Å². The van der Waals surface area contributed by atoms with Crippen LogP contribution in [0.1, 0.15) is 24.0 Å². The molecule has 3 rings (SSSR count). The minimum atomic E-state index is -4.47. The molecule has 160 valence electrons. The Balaban J connectivity index is 0.00000320. The first-order chi connectivity index (χ1) is 13.8. The van der Waals surface area contributed by atoms with Gasteiger partial charge in [-0.05, 0) is 18.6 Å². The fourth-order valence-electron chi connectivity index (χ4n) is 2.78. The van der Waals surface area contributed by atoms with Crippen molar-refractivity contribution >= 4 is 34.4 Å². The fourth-order valence-corrected chi connectivity index (χ4v) is 2.94. The molecule has 3 aromatic heterocycles. The Kier molecular flexibility index (Phi) is 6.21. The Morgan fingerprint density at radius 1 is 1.38 bits per heavy atom. The summed E-state index contributed by atoms with van der Waals surface area (Å²) in [5.74, 6) is -0.0661. The van der Waals surface area contributed by atoms with E-state index in [1.807, 2.05) is 12.2 Å². The van der Waals surface area contributed by atoms with Crippen molar-refractivity contribution in [3.05, 3.63) is 35.7 Å². The van der Waals surface area contributed by atoms with Crippen molar-refractivity contribution in [3.63, 3.8) is 0 Å². The first-order valence-electron chi connectivity index (χ1n) is 8.84. The molecule has 3 N–H and O–H groups in total. The maximum absolute atomic E-state index is 12.4.